The zero-order valence-corrected chi connectivity index (χ0v) is 11.9. The van der Waals surface area contributed by atoms with Gasteiger partial charge in [-0.3, -0.25) is 4.79 Å². The minimum absolute atomic E-state index is 0.0877. The summed E-state index contributed by atoms with van der Waals surface area (Å²) in [5.41, 5.74) is 0.364. The fraction of sp³-hybridized carbons (Fsp3) is 0.308. The van der Waals surface area contributed by atoms with Gasteiger partial charge in [0.25, 0.3) is 5.91 Å². The second kappa shape index (κ2) is 7.04. The van der Waals surface area contributed by atoms with Gasteiger partial charge in [-0.05, 0) is 31.5 Å². The highest BCUT2D eigenvalue weighted by molar-refractivity contribution is 9.10. The van der Waals surface area contributed by atoms with Crippen LogP contribution in [-0.2, 0) is 9.59 Å². The van der Waals surface area contributed by atoms with Gasteiger partial charge in [0.1, 0.15) is 11.8 Å². The Balaban J connectivity index is 2.71. The number of carboxylic acids is 1. The van der Waals surface area contributed by atoms with Crippen LogP contribution in [0.15, 0.2) is 28.7 Å². The molecule has 0 spiro atoms. The van der Waals surface area contributed by atoms with Gasteiger partial charge in [-0.15, -0.1) is 0 Å². The van der Waals surface area contributed by atoms with Crippen molar-refractivity contribution in [1.82, 2.24) is 5.32 Å². The first-order valence-corrected chi connectivity index (χ1v) is 6.48. The van der Waals surface area contributed by atoms with Crippen molar-refractivity contribution in [3.8, 4) is 0 Å². The minimum Gasteiger partial charge on any atom is -0.480 e. The van der Waals surface area contributed by atoms with Gasteiger partial charge in [-0.25, -0.2) is 4.79 Å². The van der Waals surface area contributed by atoms with Crippen molar-refractivity contribution < 1.29 is 19.5 Å². The van der Waals surface area contributed by atoms with Gasteiger partial charge in [-0.2, -0.15) is 0 Å². The van der Waals surface area contributed by atoms with Gasteiger partial charge in [-0.1, -0.05) is 22.0 Å². The van der Waals surface area contributed by atoms with E-state index in [2.05, 4.69) is 21.2 Å². The van der Waals surface area contributed by atoms with Gasteiger partial charge in [0.15, 0.2) is 0 Å². The molecule has 0 bridgehead atoms. The summed E-state index contributed by atoms with van der Waals surface area (Å²) in [4.78, 5) is 33.7. The summed E-state index contributed by atoms with van der Waals surface area (Å²) in [6, 6.07) is 5.57. The molecule has 5 nitrogen and oxygen atoms in total. The molecule has 0 fully saturated rings. The van der Waals surface area contributed by atoms with Gasteiger partial charge in [0.05, 0.1) is 0 Å². The molecule has 19 heavy (non-hydrogen) atoms. The predicted octanol–water partition coefficient (Wildman–Crippen LogP) is 2.00. The topological polar surface area (TPSA) is 83.5 Å². The van der Waals surface area contributed by atoms with E-state index in [0.29, 0.717) is 5.56 Å². The van der Waals surface area contributed by atoms with E-state index in [1.165, 1.54) is 6.92 Å². The number of Topliss-reactive ketones (excluding diaryl/α,β-unsaturated/α-hetero) is 1. The molecule has 0 unspecified atom stereocenters. The van der Waals surface area contributed by atoms with Crippen molar-refractivity contribution in [1.29, 1.82) is 0 Å². The van der Waals surface area contributed by atoms with Crippen molar-refractivity contribution >= 4 is 33.6 Å². The lowest BCUT2D eigenvalue weighted by molar-refractivity contribution is -0.139. The van der Waals surface area contributed by atoms with Crippen molar-refractivity contribution in [3.05, 3.63) is 34.3 Å². The van der Waals surface area contributed by atoms with Gasteiger partial charge in [0, 0.05) is 16.5 Å². The largest absolute Gasteiger partial charge is 0.480 e. The van der Waals surface area contributed by atoms with E-state index in [0.717, 1.165) is 4.47 Å². The Hall–Kier alpha value is -1.69. The summed E-state index contributed by atoms with van der Waals surface area (Å²) < 4.78 is 0.732. The van der Waals surface area contributed by atoms with Crippen LogP contribution in [0.1, 0.15) is 30.1 Å². The average Bonchev–Trinajstić information content (AvgIpc) is 2.33. The number of benzene rings is 1. The highest BCUT2D eigenvalue weighted by Crippen LogP contribution is 2.12. The second-order valence-corrected chi connectivity index (χ2v) is 5.03. The molecule has 0 saturated heterocycles. The van der Waals surface area contributed by atoms with Crippen LogP contribution >= 0.6 is 15.9 Å². The Morgan fingerprint density at radius 2 is 2.05 bits per heavy atom. The summed E-state index contributed by atoms with van der Waals surface area (Å²) in [6.07, 6.45) is 0.208. The first kappa shape index (κ1) is 15.4. The zero-order valence-electron chi connectivity index (χ0n) is 10.4. The molecule has 1 atom stereocenters. The number of rotatable bonds is 6. The smallest absolute Gasteiger partial charge is 0.326 e. The number of aliphatic carboxylic acids is 1. The number of ketones is 1. The number of halogens is 1. The number of hydrogen-bond donors (Lipinski definition) is 2. The number of carbonyl (C=O) groups is 3. The third-order valence-electron chi connectivity index (χ3n) is 2.48. The summed E-state index contributed by atoms with van der Waals surface area (Å²) >= 11 is 3.23. The highest BCUT2D eigenvalue weighted by Gasteiger charge is 2.20. The average molecular weight is 328 g/mol. The lowest BCUT2D eigenvalue weighted by atomic mass is 10.1. The molecular formula is C13H14BrNO4. The summed E-state index contributed by atoms with van der Waals surface area (Å²) in [6.45, 7) is 1.38. The summed E-state index contributed by atoms with van der Waals surface area (Å²) in [7, 11) is 0. The van der Waals surface area contributed by atoms with E-state index in [4.69, 9.17) is 5.11 Å². The van der Waals surface area contributed by atoms with E-state index in [1.54, 1.807) is 24.3 Å². The molecule has 1 rings (SSSR count). The Morgan fingerprint density at radius 1 is 1.37 bits per heavy atom. The van der Waals surface area contributed by atoms with Crippen molar-refractivity contribution in [2.75, 3.05) is 0 Å². The first-order valence-electron chi connectivity index (χ1n) is 5.69. The van der Waals surface area contributed by atoms with Crippen LogP contribution in [-0.4, -0.2) is 28.8 Å². The summed E-state index contributed by atoms with van der Waals surface area (Å²) in [5.74, 6) is -1.73. The van der Waals surface area contributed by atoms with Crippen LogP contribution in [0.2, 0.25) is 0 Å². The standard InChI is InChI=1S/C13H14BrNO4/c1-8(16)5-6-11(13(18)19)15-12(17)9-3-2-4-10(14)7-9/h2-4,7,11H,5-6H2,1H3,(H,15,17)(H,18,19)/t11-/m1/s1. The molecular weight excluding hydrogens is 314 g/mol. The number of amides is 1. The monoisotopic (exact) mass is 327 g/mol. The normalized spacial score (nSPS) is 11.7. The first-order chi connectivity index (χ1) is 8.90. The van der Waals surface area contributed by atoms with E-state index >= 15 is 0 Å². The van der Waals surface area contributed by atoms with Crippen LogP contribution in [0.25, 0.3) is 0 Å². The molecule has 0 aromatic heterocycles. The molecule has 0 aliphatic carbocycles. The van der Waals surface area contributed by atoms with Crippen LogP contribution in [0.5, 0.6) is 0 Å². The predicted molar refractivity (Wildman–Crippen MR) is 72.9 cm³/mol. The Kier molecular flexibility index (Phi) is 5.69. The van der Waals surface area contributed by atoms with Crippen LogP contribution in [0, 0.1) is 0 Å². The quantitative estimate of drug-likeness (QED) is 0.837. The zero-order chi connectivity index (χ0) is 14.4. The number of hydrogen-bond acceptors (Lipinski definition) is 3. The van der Waals surface area contributed by atoms with Gasteiger partial charge in [0.2, 0.25) is 0 Å². The SMILES string of the molecule is CC(=O)CC[C@@H](NC(=O)c1cccc(Br)c1)C(=O)O. The lowest BCUT2D eigenvalue weighted by Gasteiger charge is -2.13. The Labute approximate surface area is 119 Å². The highest BCUT2D eigenvalue weighted by atomic mass is 79.9. The van der Waals surface area contributed by atoms with Gasteiger partial charge >= 0.3 is 5.97 Å². The number of carboxylic acid groups (broad SMARTS) is 1. The molecule has 1 aromatic rings. The number of nitrogens with one attached hydrogen (secondary N) is 1. The van der Waals surface area contributed by atoms with Gasteiger partial charge < -0.3 is 15.2 Å². The Bertz CT molecular complexity index is 501. The van der Waals surface area contributed by atoms with E-state index in [9.17, 15) is 14.4 Å². The number of carbonyl (C=O) groups excluding carboxylic acids is 2. The molecule has 0 aliphatic rings. The molecule has 0 heterocycles. The van der Waals surface area contributed by atoms with Crippen molar-refractivity contribution in [3.63, 3.8) is 0 Å². The fourth-order valence-electron chi connectivity index (χ4n) is 1.48. The van der Waals surface area contributed by atoms with Crippen LogP contribution in [0.4, 0.5) is 0 Å². The lowest BCUT2D eigenvalue weighted by Crippen LogP contribution is -2.41. The molecule has 102 valence electrons. The van der Waals surface area contributed by atoms with Crippen LogP contribution in [0.3, 0.4) is 0 Å². The third kappa shape index (κ3) is 5.21. The Morgan fingerprint density at radius 3 is 2.58 bits per heavy atom. The molecule has 1 amide bonds. The van der Waals surface area contributed by atoms with E-state index in [-0.39, 0.29) is 18.6 Å². The maximum atomic E-state index is 11.9. The fourth-order valence-corrected chi connectivity index (χ4v) is 1.88. The molecule has 1 aromatic carbocycles. The molecule has 0 saturated carbocycles. The molecule has 6 heteroatoms. The van der Waals surface area contributed by atoms with E-state index < -0.39 is 17.9 Å². The second-order valence-electron chi connectivity index (χ2n) is 4.12. The van der Waals surface area contributed by atoms with Crippen molar-refractivity contribution in [2.45, 2.75) is 25.8 Å². The molecule has 0 radical (unpaired) electrons. The third-order valence-corrected chi connectivity index (χ3v) is 2.97. The maximum absolute atomic E-state index is 11.9. The molecule has 2 N–H and O–H groups in total. The maximum Gasteiger partial charge on any atom is 0.326 e. The minimum atomic E-state index is -1.15. The van der Waals surface area contributed by atoms with E-state index in [1.807, 2.05) is 0 Å². The van der Waals surface area contributed by atoms with Crippen molar-refractivity contribution in [2.24, 2.45) is 0 Å². The summed E-state index contributed by atoms with van der Waals surface area (Å²) in [5, 5.41) is 11.4. The van der Waals surface area contributed by atoms with Crippen LogP contribution < -0.4 is 5.32 Å². The molecule has 0 aliphatic heterocycles.